The van der Waals surface area contributed by atoms with Gasteiger partial charge in [-0.3, -0.25) is 23.9 Å². The SMILES string of the molecule is CCC(=O)OC[C@H]1O[C@@H](n2cnc3c(=O)[nH]c(N)nc32)C[C@@H]1OC(=O)CC. The Morgan fingerprint density at radius 2 is 2.11 bits per heavy atom. The Kier molecular flexibility index (Phi) is 5.40. The van der Waals surface area contributed by atoms with Crippen LogP contribution in [0.2, 0.25) is 0 Å². The lowest BCUT2D eigenvalue weighted by Crippen LogP contribution is -2.31. The van der Waals surface area contributed by atoms with Gasteiger partial charge in [0.15, 0.2) is 11.2 Å². The summed E-state index contributed by atoms with van der Waals surface area (Å²) in [5.74, 6) is -0.809. The van der Waals surface area contributed by atoms with Gasteiger partial charge in [0.25, 0.3) is 5.56 Å². The van der Waals surface area contributed by atoms with Crippen LogP contribution < -0.4 is 11.3 Å². The molecule has 2 aromatic heterocycles. The van der Waals surface area contributed by atoms with Crippen LogP contribution in [0.4, 0.5) is 5.95 Å². The van der Waals surface area contributed by atoms with Crippen molar-refractivity contribution in [2.24, 2.45) is 0 Å². The molecule has 3 atom stereocenters. The van der Waals surface area contributed by atoms with Gasteiger partial charge in [-0.2, -0.15) is 4.98 Å². The van der Waals surface area contributed by atoms with Gasteiger partial charge in [-0.15, -0.1) is 0 Å². The van der Waals surface area contributed by atoms with E-state index in [0.717, 1.165) is 0 Å². The molecule has 0 aliphatic carbocycles. The van der Waals surface area contributed by atoms with Crippen LogP contribution in [0.5, 0.6) is 0 Å². The second-order valence-corrected chi connectivity index (χ2v) is 6.06. The summed E-state index contributed by atoms with van der Waals surface area (Å²) in [5, 5.41) is 0. The molecule has 3 N–H and O–H groups in total. The van der Waals surface area contributed by atoms with Gasteiger partial charge in [0.2, 0.25) is 5.95 Å². The zero-order valence-electron chi connectivity index (χ0n) is 15.0. The first kappa shape index (κ1) is 18.8. The Morgan fingerprint density at radius 1 is 1.37 bits per heavy atom. The lowest BCUT2D eigenvalue weighted by Gasteiger charge is -2.18. The molecule has 0 radical (unpaired) electrons. The summed E-state index contributed by atoms with van der Waals surface area (Å²) in [4.78, 5) is 45.6. The summed E-state index contributed by atoms with van der Waals surface area (Å²) in [6, 6.07) is 0. The fourth-order valence-corrected chi connectivity index (χ4v) is 2.83. The molecule has 1 fully saturated rings. The quantitative estimate of drug-likeness (QED) is 0.673. The minimum Gasteiger partial charge on any atom is -0.463 e. The van der Waals surface area contributed by atoms with Gasteiger partial charge in [-0.25, -0.2) is 4.98 Å². The maximum Gasteiger partial charge on any atom is 0.305 e. The number of H-pyrrole nitrogens is 1. The van der Waals surface area contributed by atoms with E-state index in [0.29, 0.717) is 6.42 Å². The van der Waals surface area contributed by atoms with Crippen LogP contribution in [0.15, 0.2) is 11.1 Å². The molecule has 0 amide bonds. The Hall–Kier alpha value is -2.95. The van der Waals surface area contributed by atoms with Crippen molar-refractivity contribution in [1.82, 2.24) is 19.5 Å². The number of fused-ring (bicyclic) bond motifs is 1. The van der Waals surface area contributed by atoms with Crippen LogP contribution in [0.25, 0.3) is 11.2 Å². The Bertz CT molecular complexity index is 906. The number of esters is 2. The standard InChI is InChI=1S/C16H21N5O6/c1-3-11(22)25-6-9-8(27-12(23)4-2)5-10(26-9)21-7-18-13-14(21)19-16(17)20-15(13)24/h7-10H,3-6H2,1-2H3,(H3,17,19,20,24)/t8-,9+,10+/m0/s1. The monoisotopic (exact) mass is 379 g/mol. The van der Waals surface area contributed by atoms with E-state index < -0.39 is 24.0 Å². The Balaban J connectivity index is 1.85. The zero-order chi connectivity index (χ0) is 19.6. The average Bonchev–Trinajstić information content (AvgIpc) is 3.23. The van der Waals surface area contributed by atoms with Crippen LogP contribution in [0, 0.1) is 0 Å². The predicted octanol–water partition coefficient (Wildman–Crippen LogP) is 0.264. The molecule has 1 saturated heterocycles. The highest BCUT2D eigenvalue weighted by molar-refractivity contribution is 5.71. The molecule has 146 valence electrons. The third kappa shape index (κ3) is 3.92. The number of nitrogen functional groups attached to an aromatic ring is 1. The number of anilines is 1. The third-order valence-electron chi connectivity index (χ3n) is 4.21. The number of carbonyl (C=O) groups excluding carboxylic acids is 2. The lowest BCUT2D eigenvalue weighted by molar-refractivity contribution is -0.157. The van der Waals surface area contributed by atoms with Crippen LogP contribution >= 0.6 is 0 Å². The van der Waals surface area contributed by atoms with E-state index in [2.05, 4.69) is 15.0 Å². The van der Waals surface area contributed by atoms with Crippen molar-refractivity contribution in [3.63, 3.8) is 0 Å². The number of nitrogens with two attached hydrogens (primary N) is 1. The summed E-state index contributed by atoms with van der Waals surface area (Å²) in [6.45, 7) is 3.32. The zero-order valence-corrected chi connectivity index (χ0v) is 15.0. The molecule has 3 heterocycles. The Labute approximate surface area is 153 Å². The molecular formula is C16H21N5O6. The fourth-order valence-electron chi connectivity index (χ4n) is 2.83. The first-order chi connectivity index (χ1) is 12.9. The number of nitrogens with one attached hydrogen (secondary N) is 1. The lowest BCUT2D eigenvalue weighted by atomic mass is 10.2. The number of aromatic amines is 1. The van der Waals surface area contributed by atoms with Crippen molar-refractivity contribution in [2.75, 3.05) is 12.3 Å². The van der Waals surface area contributed by atoms with Gasteiger partial charge in [-0.1, -0.05) is 13.8 Å². The molecule has 2 aromatic rings. The first-order valence-corrected chi connectivity index (χ1v) is 8.65. The van der Waals surface area contributed by atoms with Gasteiger partial charge in [0.05, 0.1) is 6.33 Å². The molecule has 0 aromatic carbocycles. The molecule has 0 unspecified atom stereocenters. The van der Waals surface area contributed by atoms with Crippen molar-refractivity contribution in [3.8, 4) is 0 Å². The molecule has 0 bridgehead atoms. The van der Waals surface area contributed by atoms with Gasteiger partial charge >= 0.3 is 11.9 Å². The van der Waals surface area contributed by atoms with Gasteiger partial charge in [0.1, 0.15) is 25.0 Å². The second-order valence-electron chi connectivity index (χ2n) is 6.06. The minimum atomic E-state index is -0.641. The molecule has 1 aliphatic heterocycles. The van der Waals surface area contributed by atoms with Crippen molar-refractivity contribution in [2.45, 2.75) is 51.5 Å². The normalized spacial score (nSPS) is 22.1. The number of hydrogen-bond donors (Lipinski definition) is 2. The largest absolute Gasteiger partial charge is 0.463 e. The topological polar surface area (TPSA) is 151 Å². The minimum absolute atomic E-state index is 0.0466. The van der Waals surface area contributed by atoms with Crippen molar-refractivity contribution in [3.05, 3.63) is 16.7 Å². The van der Waals surface area contributed by atoms with Gasteiger partial charge in [-0.05, 0) is 0 Å². The maximum absolute atomic E-state index is 11.9. The molecule has 11 heteroatoms. The Morgan fingerprint density at radius 3 is 2.81 bits per heavy atom. The summed E-state index contributed by atoms with van der Waals surface area (Å²) in [5.41, 5.74) is 5.53. The van der Waals surface area contributed by atoms with Crippen molar-refractivity contribution in [1.29, 1.82) is 0 Å². The van der Waals surface area contributed by atoms with Crippen molar-refractivity contribution < 1.29 is 23.8 Å². The number of carbonyl (C=O) groups is 2. The van der Waals surface area contributed by atoms with E-state index in [1.54, 1.807) is 18.4 Å². The molecule has 27 heavy (non-hydrogen) atoms. The second kappa shape index (κ2) is 7.74. The third-order valence-corrected chi connectivity index (χ3v) is 4.21. The fraction of sp³-hybridized carbons (Fsp3) is 0.562. The summed E-state index contributed by atoms with van der Waals surface area (Å²) in [7, 11) is 0. The van der Waals surface area contributed by atoms with Crippen LogP contribution in [0.1, 0.15) is 39.3 Å². The van der Waals surface area contributed by atoms with E-state index in [4.69, 9.17) is 19.9 Å². The number of aromatic nitrogens is 4. The number of imidazole rings is 1. The number of rotatable bonds is 6. The number of hydrogen-bond acceptors (Lipinski definition) is 9. The summed E-state index contributed by atoms with van der Waals surface area (Å²) >= 11 is 0. The highest BCUT2D eigenvalue weighted by Gasteiger charge is 2.40. The van der Waals surface area contributed by atoms with E-state index in [1.807, 2.05) is 0 Å². The van der Waals surface area contributed by atoms with E-state index >= 15 is 0 Å². The smallest absolute Gasteiger partial charge is 0.305 e. The highest BCUT2D eigenvalue weighted by atomic mass is 16.6. The molecular weight excluding hydrogens is 358 g/mol. The van der Waals surface area contributed by atoms with Crippen molar-refractivity contribution >= 4 is 29.1 Å². The van der Waals surface area contributed by atoms with Gasteiger partial charge < -0.3 is 19.9 Å². The molecule has 0 saturated carbocycles. The van der Waals surface area contributed by atoms with E-state index in [9.17, 15) is 14.4 Å². The molecule has 0 spiro atoms. The van der Waals surface area contributed by atoms with E-state index in [-0.39, 0.29) is 48.5 Å². The molecule has 1 aliphatic rings. The highest BCUT2D eigenvalue weighted by Crippen LogP contribution is 2.32. The summed E-state index contributed by atoms with van der Waals surface area (Å²) < 4.78 is 18.0. The molecule has 3 rings (SSSR count). The maximum atomic E-state index is 11.9. The van der Waals surface area contributed by atoms with Gasteiger partial charge in [0, 0.05) is 19.3 Å². The van der Waals surface area contributed by atoms with Crippen LogP contribution in [-0.2, 0) is 23.8 Å². The predicted molar refractivity (Wildman–Crippen MR) is 92.5 cm³/mol. The number of nitrogens with zero attached hydrogens (tertiary/aromatic N) is 3. The van der Waals surface area contributed by atoms with E-state index in [1.165, 1.54) is 6.33 Å². The summed E-state index contributed by atoms with van der Waals surface area (Å²) in [6.07, 6.45) is 0.291. The van der Waals surface area contributed by atoms with Crippen LogP contribution in [0.3, 0.4) is 0 Å². The van der Waals surface area contributed by atoms with Crippen LogP contribution in [-0.4, -0.2) is 50.3 Å². The first-order valence-electron chi connectivity index (χ1n) is 8.65. The average molecular weight is 379 g/mol. The number of ether oxygens (including phenoxy) is 3. The molecule has 11 nitrogen and oxygen atoms in total.